The monoisotopic (exact) mass is 362 g/mol. The van der Waals surface area contributed by atoms with Crippen LogP contribution in [0.25, 0.3) is 0 Å². The van der Waals surface area contributed by atoms with E-state index < -0.39 is 0 Å². The summed E-state index contributed by atoms with van der Waals surface area (Å²) < 4.78 is 10.5. The van der Waals surface area contributed by atoms with Gasteiger partial charge in [0.2, 0.25) is 0 Å². The highest BCUT2D eigenvalue weighted by atomic mass is 16.5. The number of fused-ring (bicyclic) bond motifs is 2. The fourth-order valence-electron chi connectivity index (χ4n) is 3.11. The minimum atomic E-state index is 0.669. The third kappa shape index (κ3) is 3.42. The molecule has 3 aromatic rings. The van der Waals surface area contributed by atoms with Crippen LogP contribution in [0.15, 0.2) is 54.6 Å². The van der Waals surface area contributed by atoms with Crippen molar-refractivity contribution in [3.05, 3.63) is 60.2 Å². The predicted octanol–water partition coefficient (Wildman–Crippen LogP) is 4.70. The van der Waals surface area contributed by atoms with Crippen molar-refractivity contribution in [2.75, 3.05) is 35.9 Å². The first-order valence-electron chi connectivity index (χ1n) is 8.68. The van der Waals surface area contributed by atoms with Gasteiger partial charge in [-0.1, -0.05) is 0 Å². The first-order chi connectivity index (χ1) is 13.2. The van der Waals surface area contributed by atoms with E-state index in [1.807, 2.05) is 54.6 Å². The summed E-state index contributed by atoms with van der Waals surface area (Å²) in [7, 11) is 3.32. The summed E-state index contributed by atoms with van der Waals surface area (Å²) in [5.41, 5.74) is 12.8. The van der Waals surface area contributed by atoms with E-state index in [9.17, 15) is 0 Å². The second kappa shape index (κ2) is 6.99. The Morgan fingerprint density at radius 3 is 2.33 bits per heavy atom. The number of methoxy groups -OCH3 is 2. The molecule has 3 aromatic carbocycles. The zero-order valence-corrected chi connectivity index (χ0v) is 15.3. The van der Waals surface area contributed by atoms with E-state index >= 15 is 0 Å². The van der Waals surface area contributed by atoms with Crippen molar-refractivity contribution < 1.29 is 9.47 Å². The fraction of sp³-hybridized carbons (Fsp3) is 0.143. The van der Waals surface area contributed by atoms with Crippen LogP contribution in [0.1, 0.15) is 5.56 Å². The van der Waals surface area contributed by atoms with E-state index in [0.29, 0.717) is 12.2 Å². The van der Waals surface area contributed by atoms with Gasteiger partial charge in [0.25, 0.3) is 0 Å². The van der Waals surface area contributed by atoms with Crippen molar-refractivity contribution in [1.82, 2.24) is 0 Å². The molecular weight excluding hydrogens is 340 g/mol. The molecule has 0 aliphatic carbocycles. The molecule has 0 saturated carbocycles. The number of anilines is 6. The van der Waals surface area contributed by atoms with Gasteiger partial charge in [-0.25, -0.2) is 0 Å². The minimum Gasteiger partial charge on any atom is -0.497 e. The first kappa shape index (κ1) is 16.9. The zero-order valence-electron chi connectivity index (χ0n) is 15.3. The number of hydrogen-bond donors (Lipinski definition) is 4. The van der Waals surface area contributed by atoms with Gasteiger partial charge in [-0.3, -0.25) is 0 Å². The average molecular weight is 362 g/mol. The van der Waals surface area contributed by atoms with Gasteiger partial charge >= 0.3 is 0 Å². The molecule has 6 heteroatoms. The van der Waals surface area contributed by atoms with Crippen LogP contribution in [0.3, 0.4) is 0 Å². The molecule has 138 valence electrons. The highest BCUT2D eigenvalue weighted by Crippen LogP contribution is 2.38. The maximum absolute atomic E-state index is 6.28. The third-order valence-corrected chi connectivity index (χ3v) is 4.61. The van der Waals surface area contributed by atoms with E-state index in [1.165, 1.54) is 0 Å². The molecule has 4 rings (SSSR count). The van der Waals surface area contributed by atoms with E-state index in [2.05, 4.69) is 16.0 Å². The summed E-state index contributed by atoms with van der Waals surface area (Å²) in [5, 5.41) is 10.3. The van der Waals surface area contributed by atoms with Crippen molar-refractivity contribution in [2.45, 2.75) is 6.54 Å². The number of rotatable bonds is 4. The van der Waals surface area contributed by atoms with Crippen molar-refractivity contribution in [3.8, 4) is 11.5 Å². The molecule has 0 aromatic heterocycles. The Morgan fingerprint density at radius 2 is 1.59 bits per heavy atom. The molecule has 0 spiro atoms. The van der Waals surface area contributed by atoms with Crippen molar-refractivity contribution >= 4 is 34.1 Å². The molecule has 5 N–H and O–H groups in total. The highest BCUT2D eigenvalue weighted by molar-refractivity contribution is 5.88. The molecule has 0 bridgehead atoms. The summed E-state index contributed by atoms with van der Waals surface area (Å²) in [4.78, 5) is 0. The maximum atomic E-state index is 6.28. The van der Waals surface area contributed by atoms with Crippen LogP contribution < -0.4 is 31.2 Å². The van der Waals surface area contributed by atoms with Gasteiger partial charge in [-0.2, -0.15) is 0 Å². The van der Waals surface area contributed by atoms with Crippen LogP contribution in [-0.4, -0.2) is 14.2 Å². The summed E-state index contributed by atoms with van der Waals surface area (Å²) in [6.07, 6.45) is 0. The second-order valence-corrected chi connectivity index (χ2v) is 6.34. The largest absolute Gasteiger partial charge is 0.497 e. The standard InChI is InChI=1S/C21H22N4O2/c1-26-15-5-3-14(4-6-15)24-19-11-21-20(10-17(19)22)23-12-13-9-16(27-2)7-8-18(13)25-21/h3-11,23-25H,12,22H2,1-2H3. The Labute approximate surface area is 158 Å². The average Bonchev–Trinajstić information content (AvgIpc) is 2.87. The lowest BCUT2D eigenvalue weighted by Gasteiger charge is -2.15. The Bertz CT molecular complexity index is 971. The van der Waals surface area contributed by atoms with Crippen molar-refractivity contribution in [2.24, 2.45) is 0 Å². The van der Waals surface area contributed by atoms with Crippen molar-refractivity contribution in [3.63, 3.8) is 0 Å². The Kier molecular flexibility index (Phi) is 4.38. The fourth-order valence-corrected chi connectivity index (χ4v) is 3.11. The highest BCUT2D eigenvalue weighted by Gasteiger charge is 2.15. The van der Waals surface area contributed by atoms with Gasteiger partial charge < -0.3 is 31.2 Å². The Morgan fingerprint density at radius 1 is 0.852 bits per heavy atom. The van der Waals surface area contributed by atoms with Gasteiger partial charge in [0.1, 0.15) is 11.5 Å². The molecule has 0 saturated heterocycles. The molecule has 1 heterocycles. The number of nitrogens with two attached hydrogens (primary N) is 1. The van der Waals surface area contributed by atoms with E-state index in [-0.39, 0.29) is 0 Å². The smallest absolute Gasteiger partial charge is 0.119 e. The van der Waals surface area contributed by atoms with Gasteiger partial charge in [-0.05, 0) is 60.2 Å². The number of nitrogens with one attached hydrogen (secondary N) is 3. The van der Waals surface area contributed by atoms with Gasteiger partial charge in [-0.15, -0.1) is 0 Å². The molecule has 0 amide bonds. The Hall–Kier alpha value is -3.54. The number of hydrogen-bond acceptors (Lipinski definition) is 6. The summed E-state index contributed by atoms with van der Waals surface area (Å²) in [6, 6.07) is 17.7. The van der Waals surface area contributed by atoms with Crippen LogP contribution in [0.4, 0.5) is 34.1 Å². The molecule has 0 fully saturated rings. The molecule has 6 nitrogen and oxygen atoms in total. The molecule has 0 atom stereocenters. The molecule has 27 heavy (non-hydrogen) atoms. The maximum Gasteiger partial charge on any atom is 0.119 e. The van der Waals surface area contributed by atoms with Crippen LogP contribution in [-0.2, 0) is 6.54 Å². The molecular formula is C21H22N4O2. The normalized spacial score (nSPS) is 11.9. The molecule has 1 aliphatic rings. The van der Waals surface area contributed by atoms with Gasteiger partial charge in [0.05, 0.1) is 37.0 Å². The van der Waals surface area contributed by atoms with E-state index in [4.69, 9.17) is 15.2 Å². The van der Waals surface area contributed by atoms with Gasteiger partial charge in [0, 0.05) is 17.9 Å². The quantitative estimate of drug-likeness (QED) is 0.504. The molecule has 0 unspecified atom stereocenters. The van der Waals surface area contributed by atoms with E-state index in [1.54, 1.807) is 14.2 Å². The lowest BCUT2D eigenvalue weighted by atomic mass is 10.1. The topological polar surface area (TPSA) is 80.6 Å². The minimum absolute atomic E-state index is 0.669. The van der Waals surface area contributed by atoms with Gasteiger partial charge in [0.15, 0.2) is 0 Å². The lowest BCUT2D eigenvalue weighted by Crippen LogP contribution is -2.01. The first-order valence-corrected chi connectivity index (χ1v) is 8.68. The summed E-state index contributed by atoms with van der Waals surface area (Å²) in [5.74, 6) is 1.65. The molecule has 0 radical (unpaired) electrons. The number of ether oxygens (including phenoxy) is 2. The lowest BCUT2D eigenvalue weighted by molar-refractivity contribution is 0.414. The van der Waals surface area contributed by atoms with Crippen LogP contribution >= 0.6 is 0 Å². The third-order valence-electron chi connectivity index (χ3n) is 4.61. The van der Waals surface area contributed by atoms with Crippen LogP contribution in [0, 0.1) is 0 Å². The van der Waals surface area contributed by atoms with Crippen molar-refractivity contribution in [1.29, 1.82) is 0 Å². The summed E-state index contributed by atoms with van der Waals surface area (Å²) >= 11 is 0. The summed E-state index contributed by atoms with van der Waals surface area (Å²) in [6.45, 7) is 0.692. The predicted molar refractivity (Wildman–Crippen MR) is 111 cm³/mol. The number of nitrogen functional groups attached to an aromatic ring is 1. The number of benzene rings is 3. The Balaban J connectivity index is 1.64. The zero-order chi connectivity index (χ0) is 18.8. The second-order valence-electron chi connectivity index (χ2n) is 6.34. The van der Waals surface area contributed by atoms with E-state index in [0.717, 1.165) is 45.5 Å². The van der Waals surface area contributed by atoms with Crippen LogP contribution in [0.5, 0.6) is 11.5 Å². The molecule has 1 aliphatic heterocycles. The SMILES string of the molecule is COc1ccc(Nc2cc3c(cc2N)NCc2cc(OC)ccc2N3)cc1. The van der Waals surface area contributed by atoms with Crippen LogP contribution in [0.2, 0.25) is 0 Å².